The lowest BCUT2D eigenvalue weighted by Gasteiger charge is -2.21. The van der Waals surface area contributed by atoms with Gasteiger partial charge in [-0.1, -0.05) is 47.6 Å². The number of carbonyl (C=O) groups is 9. The highest BCUT2D eigenvalue weighted by molar-refractivity contribution is 7.39. The zero-order valence-corrected chi connectivity index (χ0v) is 33.0. The molecule has 8 amide bonds. The van der Waals surface area contributed by atoms with Crippen molar-refractivity contribution >= 4 is 67.9 Å². The van der Waals surface area contributed by atoms with E-state index in [1.807, 2.05) is 16.2 Å². The molecule has 0 bridgehead atoms. The van der Waals surface area contributed by atoms with E-state index in [1.165, 1.54) is 18.2 Å². The van der Waals surface area contributed by atoms with Crippen molar-refractivity contribution in [3.05, 3.63) is 29.3 Å². The Kier molecular flexibility index (Phi) is 27.7. The van der Waals surface area contributed by atoms with E-state index in [0.29, 0.717) is 18.5 Å². The van der Waals surface area contributed by atoms with Gasteiger partial charge in [0.2, 0.25) is 35.4 Å². The van der Waals surface area contributed by atoms with Gasteiger partial charge in [-0.15, -0.1) is 0 Å². The van der Waals surface area contributed by atoms with Gasteiger partial charge in [0.1, 0.15) is 18.4 Å². The Labute approximate surface area is 317 Å². The van der Waals surface area contributed by atoms with Gasteiger partial charge in [-0.25, -0.2) is 9.59 Å². The molecular weight excluding hydrogens is 727 g/mol. The van der Waals surface area contributed by atoms with E-state index >= 15 is 0 Å². The molecule has 54 heavy (non-hydrogen) atoms. The van der Waals surface area contributed by atoms with Crippen LogP contribution in [0.1, 0.15) is 83.1 Å². The summed E-state index contributed by atoms with van der Waals surface area (Å²) < 4.78 is 10.1. The summed E-state index contributed by atoms with van der Waals surface area (Å²) in [6, 6.07) is 2.84. The first kappa shape index (κ1) is 50.9. The van der Waals surface area contributed by atoms with Crippen molar-refractivity contribution in [2.75, 3.05) is 38.2 Å². The van der Waals surface area contributed by atoms with Crippen molar-refractivity contribution in [2.24, 2.45) is 29.0 Å². The topological polar surface area (TPSA) is 310 Å². The summed E-state index contributed by atoms with van der Waals surface area (Å²) in [5.74, 6) is -3.63. The molecular formula is C34H57N8O11P. The number of primary amides is 3. The van der Waals surface area contributed by atoms with E-state index in [0.717, 1.165) is 6.42 Å². The lowest BCUT2D eigenvalue weighted by Crippen LogP contribution is -2.52. The molecule has 0 spiro atoms. The van der Waals surface area contributed by atoms with Crippen molar-refractivity contribution in [3.63, 3.8) is 0 Å². The van der Waals surface area contributed by atoms with Crippen LogP contribution in [0.3, 0.4) is 0 Å². The highest BCUT2D eigenvalue weighted by atomic mass is 31.0. The SMILES string of the molecule is CC(C)C(=O)CCOCCC(=O)NCC(=O)NC(C(=O)NCC(=O)Nc1ccc(COC(=O)P)c(C(N)=O)c1)C(C)C.CCC(N)=O.CCCNC(N)=O. The molecule has 2 atom stereocenters. The third-order valence-electron chi connectivity index (χ3n) is 6.67. The summed E-state index contributed by atoms with van der Waals surface area (Å²) in [5.41, 5.74) is 14.8. The number of nitrogens with one attached hydrogen (secondary N) is 5. The Balaban J connectivity index is 0. The molecule has 304 valence electrons. The highest BCUT2D eigenvalue weighted by Crippen LogP contribution is 2.17. The Morgan fingerprint density at radius 3 is 1.87 bits per heavy atom. The van der Waals surface area contributed by atoms with Crippen LogP contribution in [0.4, 0.5) is 15.3 Å². The molecule has 11 N–H and O–H groups in total. The minimum atomic E-state index is -0.982. The number of amides is 8. The molecule has 1 rings (SSSR count). The maximum absolute atomic E-state index is 12.7. The van der Waals surface area contributed by atoms with Crippen LogP contribution in [0.2, 0.25) is 0 Å². The minimum absolute atomic E-state index is 0.00136. The Morgan fingerprint density at radius 2 is 1.39 bits per heavy atom. The van der Waals surface area contributed by atoms with Gasteiger partial charge in [-0.2, -0.15) is 0 Å². The summed E-state index contributed by atoms with van der Waals surface area (Å²) in [5, 5.41) is 12.4. The maximum Gasteiger partial charge on any atom is 0.320 e. The van der Waals surface area contributed by atoms with E-state index < -0.39 is 53.9 Å². The van der Waals surface area contributed by atoms with Crippen molar-refractivity contribution in [2.45, 2.75) is 79.9 Å². The Morgan fingerprint density at radius 1 is 0.796 bits per heavy atom. The monoisotopic (exact) mass is 784 g/mol. The number of rotatable bonds is 21. The normalized spacial score (nSPS) is 10.6. The lowest BCUT2D eigenvalue weighted by molar-refractivity contribution is -0.131. The highest BCUT2D eigenvalue weighted by Gasteiger charge is 2.25. The summed E-state index contributed by atoms with van der Waals surface area (Å²) in [7, 11) is 1.84. The quantitative estimate of drug-likeness (QED) is 0.0630. The average Bonchev–Trinajstić information content (AvgIpc) is 3.10. The molecule has 20 heteroatoms. The minimum Gasteiger partial charge on any atom is -0.458 e. The smallest absolute Gasteiger partial charge is 0.320 e. The van der Waals surface area contributed by atoms with E-state index in [2.05, 4.69) is 32.3 Å². The zero-order chi connectivity index (χ0) is 41.8. The predicted molar refractivity (Wildman–Crippen MR) is 204 cm³/mol. The van der Waals surface area contributed by atoms with Crippen LogP contribution >= 0.6 is 9.24 Å². The van der Waals surface area contributed by atoms with Crippen molar-refractivity contribution in [1.82, 2.24) is 21.3 Å². The molecule has 0 aliphatic carbocycles. The molecule has 0 aliphatic rings. The number of urea groups is 1. The van der Waals surface area contributed by atoms with Crippen LogP contribution in [0.15, 0.2) is 18.2 Å². The first-order valence-electron chi connectivity index (χ1n) is 17.2. The fourth-order valence-electron chi connectivity index (χ4n) is 3.64. The van der Waals surface area contributed by atoms with Gasteiger partial charge in [0.15, 0.2) is 0 Å². The molecule has 0 heterocycles. The fraction of sp³-hybridized carbons (Fsp3) is 0.559. The van der Waals surface area contributed by atoms with Crippen LogP contribution in [0.5, 0.6) is 0 Å². The summed E-state index contributed by atoms with van der Waals surface area (Å²) in [6.07, 6.45) is 1.65. The van der Waals surface area contributed by atoms with Crippen molar-refractivity contribution in [1.29, 1.82) is 0 Å². The molecule has 0 saturated carbocycles. The summed E-state index contributed by atoms with van der Waals surface area (Å²) >= 11 is 0. The molecule has 19 nitrogen and oxygen atoms in total. The first-order chi connectivity index (χ1) is 25.2. The van der Waals surface area contributed by atoms with Crippen LogP contribution in [-0.2, 0) is 44.8 Å². The number of anilines is 1. The molecule has 1 aromatic rings. The second-order valence-electron chi connectivity index (χ2n) is 12.0. The Bertz CT molecular complexity index is 1420. The maximum atomic E-state index is 12.7. The third-order valence-corrected chi connectivity index (χ3v) is 6.84. The van der Waals surface area contributed by atoms with Crippen molar-refractivity contribution in [3.8, 4) is 0 Å². The molecule has 0 saturated heterocycles. The summed E-state index contributed by atoms with van der Waals surface area (Å²) in [4.78, 5) is 103. The number of Topliss-reactive ketones (excluding diaryl/α,β-unsaturated/α-hetero) is 1. The molecule has 1 aromatic carbocycles. The molecule has 2 unspecified atom stereocenters. The first-order valence-corrected chi connectivity index (χ1v) is 17.7. The second kappa shape index (κ2) is 29.3. The van der Waals surface area contributed by atoms with Gasteiger partial charge in [0.25, 0.3) is 0 Å². The van der Waals surface area contributed by atoms with Crippen LogP contribution < -0.4 is 43.8 Å². The van der Waals surface area contributed by atoms with Crippen LogP contribution in [-0.4, -0.2) is 91.9 Å². The van der Waals surface area contributed by atoms with Crippen LogP contribution in [0.25, 0.3) is 0 Å². The molecule has 0 aromatic heterocycles. The predicted octanol–water partition coefficient (Wildman–Crippen LogP) is 0.577. The molecule has 0 aliphatic heterocycles. The van der Waals surface area contributed by atoms with Gasteiger partial charge in [0.05, 0.1) is 26.3 Å². The zero-order valence-electron chi connectivity index (χ0n) is 31.8. The van der Waals surface area contributed by atoms with Gasteiger partial charge in [-0.3, -0.25) is 33.6 Å². The average molecular weight is 785 g/mol. The number of nitrogens with two attached hydrogens (primary N) is 3. The number of hydrogen-bond donors (Lipinski definition) is 8. The number of hydrogen-bond acceptors (Lipinski definition) is 11. The van der Waals surface area contributed by atoms with E-state index in [1.54, 1.807) is 34.6 Å². The summed E-state index contributed by atoms with van der Waals surface area (Å²) in [6.45, 7) is 10.7. The van der Waals surface area contributed by atoms with Gasteiger partial charge in [0, 0.05) is 48.5 Å². The number of ketones is 1. The molecule has 0 fully saturated rings. The van der Waals surface area contributed by atoms with Crippen molar-refractivity contribution < 1.29 is 52.6 Å². The number of ether oxygens (including phenoxy) is 2. The van der Waals surface area contributed by atoms with E-state index in [4.69, 9.17) is 20.9 Å². The molecule has 0 radical (unpaired) electrons. The fourth-order valence-corrected chi connectivity index (χ4v) is 3.73. The van der Waals surface area contributed by atoms with E-state index in [-0.39, 0.29) is 74.0 Å². The largest absolute Gasteiger partial charge is 0.458 e. The van der Waals surface area contributed by atoms with Gasteiger partial charge in [-0.05, 0) is 33.7 Å². The van der Waals surface area contributed by atoms with Gasteiger partial charge >= 0.3 is 11.7 Å². The lowest BCUT2D eigenvalue weighted by atomic mass is 10.0. The second-order valence-corrected chi connectivity index (χ2v) is 12.5. The standard InChI is InChI=1S/C27H40N5O9P.C4H10N2O.C3H7NO/c1-15(2)20(33)7-9-40-10-8-21(34)29-12-23(36)32-24(16(3)4)26(38)30-13-22(35)31-18-6-5-17(14-41-27(39)42)19(11-18)25(28)37;1-2-3-6-4(5)7;1-2-3(4)5/h5-6,11,15-16,24H,7-10,12-14,42H2,1-4H3,(H2,28,37)(H,29,34)(H,30,38)(H,31,35)(H,32,36);2-3H2,1H3,(H3,5,6,7);2H2,1H3,(H2,4,5). The van der Waals surface area contributed by atoms with E-state index in [9.17, 15) is 43.2 Å². The number of benzene rings is 1. The third kappa shape index (κ3) is 26.6. The van der Waals surface area contributed by atoms with Gasteiger partial charge < -0.3 is 53.3 Å². The Hall–Kier alpha value is -5.16. The number of carbonyl (C=O) groups excluding carboxylic acids is 9. The van der Waals surface area contributed by atoms with Crippen LogP contribution in [0, 0.1) is 11.8 Å².